The van der Waals surface area contributed by atoms with Gasteiger partial charge in [-0.2, -0.15) is 0 Å². The summed E-state index contributed by atoms with van der Waals surface area (Å²) in [5, 5.41) is 18.7. The van der Waals surface area contributed by atoms with Gasteiger partial charge in [0.15, 0.2) is 0 Å². The summed E-state index contributed by atoms with van der Waals surface area (Å²) in [6.07, 6.45) is 1.25. The van der Waals surface area contributed by atoms with Gasteiger partial charge in [-0.25, -0.2) is 4.98 Å². The smallest absolute Gasteiger partial charge is 0.245 e. The van der Waals surface area contributed by atoms with Crippen LogP contribution in [0.15, 0.2) is 48.5 Å². The number of aryl methyl sites for hydroxylation is 2. The lowest BCUT2D eigenvalue weighted by molar-refractivity contribution is 0.145. The molecule has 0 aliphatic carbocycles. The third-order valence-corrected chi connectivity index (χ3v) is 5.07. The lowest BCUT2D eigenvalue weighted by Crippen LogP contribution is -2.37. The maximum Gasteiger partial charge on any atom is 0.245 e. The van der Waals surface area contributed by atoms with Gasteiger partial charge in [0.25, 0.3) is 0 Å². The third-order valence-electron chi connectivity index (χ3n) is 5.07. The second-order valence-electron chi connectivity index (χ2n) is 7.26. The fraction of sp³-hybridized carbons (Fsp3) is 0.318. The van der Waals surface area contributed by atoms with Crippen molar-refractivity contribution in [2.45, 2.75) is 32.8 Å². The molecule has 1 saturated heterocycles. The molecule has 2 heterocycles. The molecule has 4 rings (SSSR count). The summed E-state index contributed by atoms with van der Waals surface area (Å²) < 4.78 is 0. The SMILES string of the molecule is Cc1ccc(-c2nnc(N3CCC(O)CC3)nc2-c2ccc(C)cc2)cc1. The minimum Gasteiger partial charge on any atom is -0.393 e. The highest BCUT2D eigenvalue weighted by atomic mass is 16.3. The van der Waals surface area contributed by atoms with Crippen LogP contribution in [0.4, 0.5) is 5.95 Å². The predicted octanol–water partition coefficient (Wildman–Crippen LogP) is 3.78. The van der Waals surface area contributed by atoms with Crippen molar-refractivity contribution in [3.8, 4) is 22.5 Å². The van der Waals surface area contributed by atoms with Crippen LogP contribution in [0.5, 0.6) is 0 Å². The van der Waals surface area contributed by atoms with Gasteiger partial charge in [-0.1, -0.05) is 59.7 Å². The van der Waals surface area contributed by atoms with Crippen LogP contribution in [0, 0.1) is 13.8 Å². The Bertz CT molecular complexity index is 914. The quantitative estimate of drug-likeness (QED) is 0.770. The van der Waals surface area contributed by atoms with Crippen molar-refractivity contribution in [3.63, 3.8) is 0 Å². The van der Waals surface area contributed by atoms with Gasteiger partial charge in [-0.05, 0) is 26.7 Å². The van der Waals surface area contributed by atoms with E-state index in [1.807, 2.05) is 0 Å². The molecule has 5 nitrogen and oxygen atoms in total. The van der Waals surface area contributed by atoms with E-state index in [2.05, 4.69) is 77.5 Å². The van der Waals surface area contributed by atoms with Crippen LogP contribution in [0.2, 0.25) is 0 Å². The molecule has 0 saturated carbocycles. The maximum absolute atomic E-state index is 9.76. The summed E-state index contributed by atoms with van der Waals surface area (Å²) >= 11 is 0. The highest BCUT2D eigenvalue weighted by Gasteiger charge is 2.21. The molecule has 1 fully saturated rings. The van der Waals surface area contributed by atoms with E-state index in [0.717, 1.165) is 48.4 Å². The number of nitrogens with zero attached hydrogens (tertiary/aromatic N) is 4. The van der Waals surface area contributed by atoms with Crippen molar-refractivity contribution in [1.29, 1.82) is 0 Å². The number of rotatable bonds is 3. The van der Waals surface area contributed by atoms with E-state index < -0.39 is 0 Å². The van der Waals surface area contributed by atoms with Crippen LogP contribution in [0.3, 0.4) is 0 Å². The molecular weight excluding hydrogens is 336 g/mol. The van der Waals surface area contributed by atoms with Gasteiger partial charge in [0, 0.05) is 24.2 Å². The van der Waals surface area contributed by atoms with Crippen LogP contribution in [0.25, 0.3) is 22.5 Å². The zero-order chi connectivity index (χ0) is 18.8. The largest absolute Gasteiger partial charge is 0.393 e. The molecule has 1 aliphatic rings. The summed E-state index contributed by atoms with van der Waals surface area (Å²) in [7, 11) is 0. The summed E-state index contributed by atoms with van der Waals surface area (Å²) in [5.74, 6) is 0.633. The molecule has 5 heteroatoms. The summed E-state index contributed by atoms with van der Waals surface area (Å²) in [6.45, 7) is 5.65. The number of hydrogen-bond donors (Lipinski definition) is 1. The van der Waals surface area contributed by atoms with E-state index in [-0.39, 0.29) is 6.10 Å². The van der Waals surface area contributed by atoms with Gasteiger partial charge in [0.1, 0.15) is 11.4 Å². The molecular formula is C22H24N4O. The average molecular weight is 360 g/mol. The summed E-state index contributed by atoms with van der Waals surface area (Å²) in [5.41, 5.74) is 6.10. The van der Waals surface area contributed by atoms with Crippen molar-refractivity contribution >= 4 is 5.95 Å². The average Bonchev–Trinajstić information content (AvgIpc) is 2.69. The van der Waals surface area contributed by atoms with Gasteiger partial charge in [0.05, 0.1) is 6.10 Å². The van der Waals surface area contributed by atoms with Crippen molar-refractivity contribution in [3.05, 3.63) is 59.7 Å². The Balaban J connectivity index is 1.78. The van der Waals surface area contributed by atoms with Crippen molar-refractivity contribution in [1.82, 2.24) is 15.2 Å². The maximum atomic E-state index is 9.76. The monoisotopic (exact) mass is 360 g/mol. The molecule has 2 aromatic carbocycles. The van der Waals surface area contributed by atoms with Crippen molar-refractivity contribution in [2.75, 3.05) is 18.0 Å². The second-order valence-corrected chi connectivity index (χ2v) is 7.26. The first-order valence-corrected chi connectivity index (χ1v) is 9.42. The van der Waals surface area contributed by atoms with Crippen LogP contribution in [0.1, 0.15) is 24.0 Å². The van der Waals surface area contributed by atoms with Gasteiger partial charge in [-0.15, -0.1) is 10.2 Å². The lowest BCUT2D eigenvalue weighted by atomic mass is 10.0. The molecule has 0 bridgehead atoms. The normalized spacial score (nSPS) is 15.1. The zero-order valence-corrected chi connectivity index (χ0v) is 15.8. The van der Waals surface area contributed by atoms with E-state index >= 15 is 0 Å². The topological polar surface area (TPSA) is 62.1 Å². The predicted molar refractivity (Wildman–Crippen MR) is 108 cm³/mol. The first-order valence-electron chi connectivity index (χ1n) is 9.42. The van der Waals surface area contributed by atoms with Crippen molar-refractivity contribution < 1.29 is 5.11 Å². The Morgan fingerprint density at radius 3 is 1.85 bits per heavy atom. The fourth-order valence-corrected chi connectivity index (χ4v) is 3.34. The van der Waals surface area contributed by atoms with Crippen molar-refractivity contribution in [2.24, 2.45) is 0 Å². The Labute approximate surface area is 159 Å². The van der Waals surface area contributed by atoms with Gasteiger partial charge in [0.2, 0.25) is 5.95 Å². The van der Waals surface area contributed by atoms with E-state index in [9.17, 15) is 5.11 Å². The molecule has 1 N–H and O–H groups in total. The summed E-state index contributed by atoms with van der Waals surface area (Å²) in [4.78, 5) is 7.00. The lowest BCUT2D eigenvalue weighted by Gasteiger charge is -2.29. The molecule has 0 amide bonds. The number of piperidine rings is 1. The highest BCUT2D eigenvalue weighted by molar-refractivity contribution is 5.78. The van der Waals surface area contributed by atoms with Gasteiger partial charge >= 0.3 is 0 Å². The first-order chi connectivity index (χ1) is 13.1. The van der Waals surface area contributed by atoms with E-state index in [0.29, 0.717) is 5.95 Å². The summed E-state index contributed by atoms with van der Waals surface area (Å²) in [6, 6.07) is 16.6. The third kappa shape index (κ3) is 3.83. The molecule has 1 aliphatic heterocycles. The molecule has 0 spiro atoms. The Morgan fingerprint density at radius 1 is 0.778 bits per heavy atom. The molecule has 0 radical (unpaired) electrons. The standard InChI is InChI=1S/C22H24N4O/c1-15-3-7-17(8-4-15)20-21(18-9-5-16(2)6-10-18)24-25-22(23-20)26-13-11-19(27)12-14-26/h3-10,19,27H,11-14H2,1-2H3. The number of anilines is 1. The van der Waals surface area contributed by atoms with E-state index in [4.69, 9.17) is 4.98 Å². The van der Waals surface area contributed by atoms with E-state index in [1.165, 1.54) is 11.1 Å². The van der Waals surface area contributed by atoms with Crippen LogP contribution >= 0.6 is 0 Å². The number of aliphatic hydroxyl groups is 1. The first kappa shape index (κ1) is 17.6. The van der Waals surface area contributed by atoms with Crippen LogP contribution < -0.4 is 4.90 Å². The number of benzene rings is 2. The van der Waals surface area contributed by atoms with Gasteiger partial charge in [-0.3, -0.25) is 0 Å². The molecule has 138 valence electrons. The molecule has 27 heavy (non-hydrogen) atoms. The highest BCUT2D eigenvalue weighted by Crippen LogP contribution is 2.30. The molecule has 1 aromatic heterocycles. The van der Waals surface area contributed by atoms with Gasteiger partial charge < -0.3 is 10.0 Å². The molecule has 3 aromatic rings. The minimum absolute atomic E-state index is 0.224. The Morgan fingerprint density at radius 2 is 1.30 bits per heavy atom. The number of aliphatic hydroxyl groups excluding tert-OH is 1. The van der Waals surface area contributed by atoms with E-state index in [1.54, 1.807) is 0 Å². The number of aromatic nitrogens is 3. The van der Waals surface area contributed by atoms with Crippen LogP contribution in [-0.2, 0) is 0 Å². The molecule has 0 unspecified atom stereocenters. The minimum atomic E-state index is -0.224. The molecule has 0 atom stereocenters. The fourth-order valence-electron chi connectivity index (χ4n) is 3.34. The number of hydrogen-bond acceptors (Lipinski definition) is 5. The van der Waals surface area contributed by atoms with Crippen LogP contribution in [-0.4, -0.2) is 39.5 Å². The second kappa shape index (κ2) is 7.45. The Hall–Kier alpha value is -2.79. The zero-order valence-electron chi connectivity index (χ0n) is 15.8. The Kier molecular flexibility index (Phi) is 4.86.